The first-order chi connectivity index (χ1) is 10.3. The molecule has 3 heterocycles. The van der Waals surface area contributed by atoms with E-state index in [-0.39, 0.29) is 0 Å². The highest BCUT2D eigenvalue weighted by atomic mass is 15.5. The minimum atomic E-state index is 0.853. The van der Waals surface area contributed by atoms with E-state index in [1.165, 1.54) is 0 Å². The van der Waals surface area contributed by atoms with Gasteiger partial charge in [-0.3, -0.25) is 9.89 Å². The number of amidine groups is 1. The lowest BCUT2D eigenvalue weighted by Crippen LogP contribution is -2.44. The average Bonchev–Trinajstić information content (AvgIpc) is 2.73. The van der Waals surface area contributed by atoms with Crippen LogP contribution in [0.15, 0.2) is 46.4 Å². The fourth-order valence-electron chi connectivity index (χ4n) is 2.82. The Morgan fingerprint density at radius 2 is 1.95 bits per heavy atom. The summed E-state index contributed by atoms with van der Waals surface area (Å²) in [4.78, 5) is 11.8. The van der Waals surface area contributed by atoms with Crippen molar-refractivity contribution < 1.29 is 0 Å². The summed E-state index contributed by atoms with van der Waals surface area (Å²) in [5, 5.41) is 4.54. The van der Waals surface area contributed by atoms with E-state index in [4.69, 9.17) is 9.98 Å². The van der Waals surface area contributed by atoms with Gasteiger partial charge in [0, 0.05) is 24.7 Å². The number of hydrogen-bond donors (Lipinski definition) is 0. The Morgan fingerprint density at radius 1 is 1.10 bits per heavy atom. The van der Waals surface area contributed by atoms with Gasteiger partial charge in [-0.05, 0) is 19.8 Å². The van der Waals surface area contributed by atoms with Crippen molar-refractivity contribution >= 4 is 17.6 Å². The maximum Gasteiger partial charge on any atom is 0.229 e. The highest BCUT2D eigenvalue weighted by Gasteiger charge is 2.28. The van der Waals surface area contributed by atoms with Crippen molar-refractivity contribution in [2.75, 3.05) is 13.1 Å². The van der Waals surface area contributed by atoms with Crippen molar-refractivity contribution in [3.63, 3.8) is 0 Å². The summed E-state index contributed by atoms with van der Waals surface area (Å²) in [6, 6.07) is 12.3. The first-order valence-corrected chi connectivity index (χ1v) is 7.36. The molecule has 0 N–H and O–H groups in total. The summed E-state index contributed by atoms with van der Waals surface area (Å²) in [5.41, 5.74) is 2.09. The van der Waals surface area contributed by atoms with Gasteiger partial charge in [0.05, 0.1) is 5.69 Å². The second-order valence-corrected chi connectivity index (χ2v) is 5.40. The Kier molecular flexibility index (Phi) is 2.84. The molecule has 0 saturated heterocycles. The SMILES string of the molecule is Cc1cc2n(n1)C1=NCCCCN1C(c1ccccc1)=N2. The maximum atomic E-state index is 4.82. The number of rotatable bonds is 1. The molecule has 1 aromatic carbocycles. The Bertz CT molecular complexity index is 726. The van der Waals surface area contributed by atoms with Gasteiger partial charge in [-0.25, -0.2) is 4.99 Å². The van der Waals surface area contributed by atoms with Crippen molar-refractivity contribution in [1.29, 1.82) is 0 Å². The largest absolute Gasteiger partial charge is 0.295 e. The lowest BCUT2D eigenvalue weighted by molar-refractivity contribution is 0.552. The molecule has 0 radical (unpaired) electrons. The minimum Gasteiger partial charge on any atom is -0.295 e. The molecule has 0 amide bonds. The lowest BCUT2D eigenvalue weighted by Gasteiger charge is -2.29. The molecule has 2 aliphatic heterocycles. The first kappa shape index (κ1) is 12.3. The third kappa shape index (κ3) is 2.05. The van der Waals surface area contributed by atoms with E-state index in [1.807, 2.05) is 35.9 Å². The fourth-order valence-corrected chi connectivity index (χ4v) is 2.82. The zero-order valence-electron chi connectivity index (χ0n) is 12.0. The number of aromatic nitrogens is 2. The molecule has 0 saturated carbocycles. The molecular formula is C16H17N5. The normalized spacial score (nSPS) is 17.5. The molecule has 21 heavy (non-hydrogen) atoms. The number of nitrogens with zero attached hydrogens (tertiary/aromatic N) is 5. The molecule has 0 atom stereocenters. The molecule has 2 aromatic rings. The standard InChI is InChI=1S/C16H17N5/c1-12-11-14-18-15(13-7-3-2-4-8-13)20-10-6-5-9-17-16(20)21(14)19-12/h2-4,7-8,11H,5-6,9-10H2,1H3. The average molecular weight is 279 g/mol. The molecule has 1 aromatic heterocycles. The molecule has 0 aliphatic carbocycles. The monoisotopic (exact) mass is 279 g/mol. The summed E-state index contributed by atoms with van der Waals surface area (Å²) >= 11 is 0. The zero-order chi connectivity index (χ0) is 14.2. The maximum absolute atomic E-state index is 4.82. The van der Waals surface area contributed by atoms with Gasteiger partial charge in [0.1, 0.15) is 5.84 Å². The van der Waals surface area contributed by atoms with Crippen molar-refractivity contribution in [1.82, 2.24) is 14.7 Å². The van der Waals surface area contributed by atoms with Crippen LogP contribution in [0, 0.1) is 6.92 Å². The summed E-state index contributed by atoms with van der Waals surface area (Å²) in [7, 11) is 0. The minimum absolute atomic E-state index is 0.853. The second kappa shape index (κ2) is 4.84. The van der Waals surface area contributed by atoms with E-state index in [0.717, 1.165) is 54.8 Å². The smallest absolute Gasteiger partial charge is 0.229 e. The lowest BCUT2D eigenvalue weighted by atomic mass is 10.1. The van der Waals surface area contributed by atoms with Crippen molar-refractivity contribution in [2.45, 2.75) is 19.8 Å². The van der Waals surface area contributed by atoms with Crippen LogP contribution in [0.1, 0.15) is 24.1 Å². The number of fused-ring (bicyclic) bond motifs is 3. The Balaban J connectivity index is 1.91. The Hall–Kier alpha value is -2.43. The van der Waals surface area contributed by atoms with Gasteiger partial charge in [0.2, 0.25) is 5.96 Å². The van der Waals surface area contributed by atoms with Crippen LogP contribution in [0.4, 0.5) is 5.82 Å². The van der Waals surface area contributed by atoms with E-state index in [1.54, 1.807) is 0 Å². The molecule has 0 bridgehead atoms. The summed E-state index contributed by atoms with van der Waals surface area (Å²) in [5.74, 6) is 2.75. The third-order valence-electron chi connectivity index (χ3n) is 3.79. The molecule has 5 heteroatoms. The van der Waals surface area contributed by atoms with Gasteiger partial charge in [-0.15, -0.1) is 0 Å². The zero-order valence-corrected chi connectivity index (χ0v) is 12.0. The molecule has 0 fully saturated rings. The number of benzene rings is 1. The van der Waals surface area contributed by atoms with E-state index in [0.29, 0.717) is 0 Å². The van der Waals surface area contributed by atoms with E-state index < -0.39 is 0 Å². The highest BCUT2D eigenvalue weighted by Crippen LogP contribution is 2.25. The summed E-state index contributed by atoms with van der Waals surface area (Å²) in [6.07, 6.45) is 2.23. The quantitative estimate of drug-likeness (QED) is 0.805. The van der Waals surface area contributed by atoms with Crippen LogP contribution in [0.25, 0.3) is 0 Å². The fraction of sp³-hybridized carbons (Fsp3) is 0.312. The Labute approximate surface area is 123 Å². The van der Waals surface area contributed by atoms with Gasteiger partial charge in [-0.2, -0.15) is 9.78 Å². The second-order valence-electron chi connectivity index (χ2n) is 5.40. The van der Waals surface area contributed by atoms with Crippen molar-refractivity contribution in [2.24, 2.45) is 9.98 Å². The van der Waals surface area contributed by atoms with Gasteiger partial charge >= 0.3 is 0 Å². The number of hydrogen-bond acceptors (Lipinski definition) is 4. The van der Waals surface area contributed by atoms with Gasteiger partial charge in [0.25, 0.3) is 0 Å². The molecule has 0 spiro atoms. The van der Waals surface area contributed by atoms with Gasteiger partial charge in [0.15, 0.2) is 5.82 Å². The predicted octanol–water partition coefficient (Wildman–Crippen LogP) is 2.58. The van der Waals surface area contributed by atoms with Gasteiger partial charge < -0.3 is 0 Å². The molecule has 2 aliphatic rings. The van der Waals surface area contributed by atoms with E-state index in [2.05, 4.69) is 22.1 Å². The van der Waals surface area contributed by atoms with Crippen LogP contribution in [-0.2, 0) is 0 Å². The summed E-state index contributed by atoms with van der Waals surface area (Å²) in [6.45, 7) is 3.78. The van der Waals surface area contributed by atoms with Crippen LogP contribution >= 0.6 is 0 Å². The number of aryl methyl sites for hydroxylation is 1. The van der Waals surface area contributed by atoms with Crippen molar-refractivity contribution in [3.8, 4) is 0 Å². The van der Waals surface area contributed by atoms with E-state index >= 15 is 0 Å². The molecule has 106 valence electrons. The van der Waals surface area contributed by atoms with E-state index in [9.17, 15) is 0 Å². The van der Waals surface area contributed by atoms with Crippen molar-refractivity contribution in [3.05, 3.63) is 47.7 Å². The third-order valence-corrected chi connectivity index (χ3v) is 3.79. The molecule has 5 nitrogen and oxygen atoms in total. The van der Waals surface area contributed by atoms with Crippen LogP contribution < -0.4 is 0 Å². The van der Waals surface area contributed by atoms with Crippen LogP contribution in [-0.4, -0.2) is 39.6 Å². The van der Waals surface area contributed by atoms with Crippen LogP contribution in [0.2, 0.25) is 0 Å². The first-order valence-electron chi connectivity index (χ1n) is 7.36. The van der Waals surface area contributed by atoms with Crippen LogP contribution in [0.5, 0.6) is 0 Å². The molecule has 0 unspecified atom stereocenters. The topological polar surface area (TPSA) is 45.8 Å². The number of aliphatic imine (C=N–C) groups is 2. The highest BCUT2D eigenvalue weighted by molar-refractivity contribution is 6.12. The molecule has 4 rings (SSSR count). The van der Waals surface area contributed by atoms with Gasteiger partial charge in [-0.1, -0.05) is 30.3 Å². The Morgan fingerprint density at radius 3 is 2.81 bits per heavy atom. The summed E-state index contributed by atoms with van der Waals surface area (Å²) < 4.78 is 1.87. The predicted molar refractivity (Wildman–Crippen MR) is 83.2 cm³/mol. The van der Waals surface area contributed by atoms with Crippen LogP contribution in [0.3, 0.4) is 0 Å². The molecular weight excluding hydrogens is 262 g/mol.